The molecule has 1 unspecified atom stereocenters. The van der Waals surface area contributed by atoms with Crippen molar-refractivity contribution in [2.75, 3.05) is 32.3 Å². The number of carboxylic acid groups (broad SMARTS) is 1. The van der Waals surface area contributed by atoms with E-state index in [2.05, 4.69) is 15.5 Å². The van der Waals surface area contributed by atoms with Crippen LogP contribution in [-0.4, -0.2) is 76.5 Å². The zero-order valence-corrected chi connectivity index (χ0v) is 16.5. The molecule has 0 bridgehead atoms. The summed E-state index contributed by atoms with van der Waals surface area (Å²) in [5.74, 6) is -2.03. The fraction of sp³-hybridized carbons (Fsp3) is 0.400. The van der Waals surface area contributed by atoms with Gasteiger partial charge in [-0.15, -0.1) is 23.1 Å². The zero-order valence-electron chi connectivity index (χ0n) is 14.9. The summed E-state index contributed by atoms with van der Waals surface area (Å²) < 4.78 is 5.02. The Morgan fingerprint density at radius 1 is 1.50 bits per heavy atom. The molecule has 2 aliphatic heterocycles. The molecule has 0 saturated carbocycles. The lowest BCUT2D eigenvalue weighted by Gasteiger charge is -2.49. The summed E-state index contributed by atoms with van der Waals surface area (Å²) in [5, 5.41) is 17.0. The van der Waals surface area contributed by atoms with Crippen molar-refractivity contribution in [1.29, 1.82) is 0 Å². The molecule has 150 valence electrons. The Hall–Kier alpha value is -2.64. The second-order valence-corrected chi connectivity index (χ2v) is 7.74. The highest BCUT2D eigenvalue weighted by Crippen LogP contribution is 2.40. The first-order valence-electron chi connectivity index (χ1n) is 7.91. The largest absolute Gasteiger partial charge is 0.477 e. The number of nitrogens with two attached hydrogens (primary N) is 1. The quantitative estimate of drug-likeness (QED) is 0.295. The fourth-order valence-electron chi connectivity index (χ4n) is 2.87. The Morgan fingerprint density at radius 3 is 2.82 bits per heavy atom. The number of hydrogen-bond donors (Lipinski definition) is 3. The zero-order chi connectivity index (χ0) is 20.4. The summed E-state index contributed by atoms with van der Waals surface area (Å²) in [6.07, 6.45) is 0. The summed E-state index contributed by atoms with van der Waals surface area (Å²) in [6, 6.07) is -0.894. The molecule has 1 fully saturated rings. The van der Waals surface area contributed by atoms with Gasteiger partial charge in [0.05, 0.1) is 6.61 Å². The van der Waals surface area contributed by atoms with Gasteiger partial charge in [0.25, 0.3) is 11.8 Å². The predicted octanol–water partition coefficient (Wildman–Crippen LogP) is -0.539. The molecule has 1 aromatic rings. The van der Waals surface area contributed by atoms with E-state index < -0.39 is 29.2 Å². The van der Waals surface area contributed by atoms with Crippen molar-refractivity contribution in [3.05, 3.63) is 22.3 Å². The van der Waals surface area contributed by atoms with Gasteiger partial charge < -0.3 is 25.7 Å². The number of aliphatic carboxylic acids is 1. The third-order valence-electron chi connectivity index (χ3n) is 4.02. The molecule has 4 N–H and O–H groups in total. The molecule has 11 nitrogen and oxygen atoms in total. The molecule has 0 aliphatic carbocycles. The monoisotopic (exact) mass is 427 g/mol. The number of carbonyl (C=O) groups excluding carboxylic acids is 2. The van der Waals surface area contributed by atoms with Crippen LogP contribution in [0.25, 0.3) is 0 Å². The topological polar surface area (TPSA) is 156 Å². The smallest absolute Gasteiger partial charge is 0.352 e. The molecule has 1 saturated heterocycles. The molecule has 2 aliphatic rings. The molecule has 0 radical (unpaired) electrons. The third-order valence-corrected chi connectivity index (χ3v) is 6.03. The van der Waals surface area contributed by atoms with Gasteiger partial charge in [-0.3, -0.25) is 14.5 Å². The van der Waals surface area contributed by atoms with Crippen LogP contribution >= 0.6 is 23.1 Å². The molecule has 2 atom stereocenters. The first-order valence-corrected chi connectivity index (χ1v) is 9.84. The number of carbonyl (C=O) groups is 3. The lowest BCUT2D eigenvalue weighted by molar-refractivity contribution is -0.150. The number of rotatable bonds is 7. The number of thiazole rings is 1. The SMILES string of the molecule is COCC1=C(C(=O)O)N2C(=O)C(NC(=O)C(=NOC)c3csc(N)n3)[C@H]2SC1. The van der Waals surface area contributed by atoms with E-state index in [0.717, 1.165) is 11.3 Å². The number of aromatic nitrogens is 1. The standard InChI is InChI=1S/C15H17N5O6S2/c1-25-3-6-4-27-13-9(12(22)20(13)10(6)14(23)24)18-11(21)8(19-26-2)7-5-28-15(16)17-7/h5,9,13H,3-4H2,1-2H3,(H2,16,17)(H,18,21)(H,23,24)/t9?,13-/m1/s1. The van der Waals surface area contributed by atoms with Crippen LogP contribution in [0.5, 0.6) is 0 Å². The van der Waals surface area contributed by atoms with Crippen molar-refractivity contribution in [2.45, 2.75) is 11.4 Å². The molecule has 28 heavy (non-hydrogen) atoms. The van der Waals surface area contributed by atoms with Gasteiger partial charge in [-0.2, -0.15) is 0 Å². The molecule has 3 heterocycles. The minimum absolute atomic E-state index is 0.0980. The minimum Gasteiger partial charge on any atom is -0.477 e. The number of anilines is 1. The Bertz CT molecular complexity index is 882. The number of nitrogen functional groups attached to an aromatic ring is 1. The summed E-state index contributed by atoms with van der Waals surface area (Å²) in [4.78, 5) is 46.7. The van der Waals surface area contributed by atoms with Crippen LogP contribution in [0.1, 0.15) is 5.69 Å². The number of nitrogens with one attached hydrogen (secondary N) is 1. The Kier molecular flexibility index (Phi) is 5.86. The first-order chi connectivity index (χ1) is 13.4. The molecule has 3 rings (SSSR count). The highest BCUT2D eigenvalue weighted by atomic mass is 32.2. The number of β-lactam (4-membered cyclic amide) rings is 1. The molecule has 0 spiro atoms. The van der Waals surface area contributed by atoms with E-state index in [1.165, 1.54) is 30.9 Å². The van der Waals surface area contributed by atoms with E-state index in [9.17, 15) is 19.5 Å². The lowest BCUT2D eigenvalue weighted by Crippen LogP contribution is -2.71. The van der Waals surface area contributed by atoms with Crippen LogP contribution in [0.2, 0.25) is 0 Å². The normalized spacial score (nSPS) is 21.9. The molecular formula is C15H17N5O6S2. The van der Waals surface area contributed by atoms with E-state index in [4.69, 9.17) is 15.3 Å². The van der Waals surface area contributed by atoms with Gasteiger partial charge in [-0.25, -0.2) is 9.78 Å². The first kappa shape index (κ1) is 20.1. The Balaban J connectivity index is 1.78. The Labute approximate surface area is 167 Å². The highest BCUT2D eigenvalue weighted by molar-refractivity contribution is 8.00. The molecule has 2 amide bonds. The summed E-state index contributed by atoms with van der Waals surface area (Å²) in [6.45, 7) is 0.109. The predicted molar refractivity (Wildman–Crippen MR) is 102 cm³/mol. The maximum atomic E-state index is 12.6. The molecule has 1 aromatic heterocycles. The maximum absolute atomic E-state index is 12.6. The van der Waals surface area contributed by atoms with Crippen LogP contribution < -0.4 is 11.1 Å². The summed E-state index contributed by atoms with van der Waals surface area (Å²) >= 11 is 2.47. The average molecular weight is 427 g/mol. The van der Waals surface area contributed by atoms with E-state index >= 15 is 0 Å². The average Bonchev–Trinajstić information content (AvgIpc) is 3.09. The van der Waals surface area contributed by atoms with Crippen molar-refractivity contribution >= 4 is 51.7 Å². The molecule has 13 heteroatoms. The van der Waals surface area contributed by atoms with Crippen molar-refractivity contribution in [3.63, 3.8) is 0 Å². The van der Waals surface area contributed by atoms with Crippen LogP contribution in [0.15, 0.2) is 21.8 Å². The van der Waals surface area contributed by atoms with Crippen molar-refractivity contribution < 1.29 is 29.1 Å². The second-order valence-electron chi connectivity index (χ2n) is 5.74. The van der Waals surface area contributed by atoms with E-state index in [1.54, 1.807) is 5.38 Å². The summed E-state index contributed by atoms with van der Waals surface area (Å²) in [7, 11) is 2.73. The van der Waals surface area contributed by atoms with Gasteiger partial charge in [0.1, 0.15) is 29.9 Å². The number of amides is 2. The van der Waals surface area contributed by atoms with Gasteiger partial charge >= 0.3 is 5.97 Å². The van der Waals surface area contributed by atoms with Gasteiger partial charge in [-0.05, 0) is 5.57 Å². The number of methoxy groups -OCH3 is 1. The number of carboxylic acids is 1. The van der Waals surface area contributed by atoms with Crippen LogP contribution in [-0.2, 0) is 24.0 Å². The van der Waals surface area contributed by atoms with Crippen molar-refractivity contribution in [3.8, 4) is 0 Å². The van der Waals surface area contributed by atoms with Crippen LogP contribution in [0, 0.1) is 0 Å². The van der Waals surface area contributed by atoms with Crippen molar-refractivity contribution in [1.82, 2.24) is 15.2 Å². The number of oxime groups is 1. The number of ether oxygens (including phenoxy) is 1. The third kappa shape index (κ3) is 3.55. The maximum Gasteiger partial charge on any atom is 0.352 e. The Morgan fingerprint density at radius 2 is 2.25 bits per heavy atom. The van der Waals surface area contributed by atoms with Gasteiger partial charge in [0, 0.05) is 18.2 Å². The second kappa shape index (κ2) is 8.16. The van der Waals surface area contributed by atoms with E-state index in [0.29, 0.717) is 11.3 Å². The minimum atomic E-state index is -1.21. The van der Waals surface area contributed by atoms with E-state index in [1.807, 2.05) is 0 Å². The molecular weight excluding hydrogens is 410 g/mol. The van der Waals surface area contributed by atoms with Gasteiger partial charge in [-0.1, -0.05) is 5.16 Å². The summed E-state index contributed by atoms with van der Waals surface area (Å²) in [5.41, 5.74) is 6.09. The van der Waals surface area contributed by atoms with Crippen LogP contribution in [0.4, 0.5) is 5.13 Å². The fourth-order valence-corrected chi connectivity index (χ4v) is 4.75. The van der Waals surface area contributed by atoms with E-state index in [-0.39, 0.29) is 28.8 Å². The van der Waals surface area contributed by atoms with Crippen LogP contribution in [0.3, 0.4) is 0 Å². The number of hydrogen-bond acceptors (Lipinski definition) is 10. The number of nitrogens with zero attached hydrogens (tertiary/aromatic N) is 3. The lowest BCUT2D eigenvalue weighted by atomic mass is 10.0. The van der Waals surface area contributed by atoms with Crippen molar-refractivity contribution in [2.24, 2.45) is 5.16 Å². The number of thioether (sulfide) groups is 1. The molecule has 0 aromatic carbocycles. The van der Waals surface area contributed by atoms with Gasteiger partial charge in [0.15, 0.2) is 10.8 Å². The highest BCUT2D eigenvalue weighted by Gasteiger charge is 2.54. The number of fused-ring (bicyclic) bond motifs is 1. The van der Waals surface area contributed by atoms with Gasteiger partial charge in [0.2, 0.25) is 0 Å².